The summed E-state index contributed by atoms with van der Waals surface area (Å²) in [6, 6.07) is 10.2. The van der Waals surface area contributed by atoms with Crippen LogP contribution in [0.2, 0.25) is 0 Å². The van der Waals surface area contributed by atoms with Crippen LogP contribution >= 0.6 is 0 Å². The monoisotopic (exact) mass is 275 g/mol. The van der Waals surface area contributed by atoms with Crippen LogP contribution in [0.1, 0.15) is 23.8 Å². The van der Waals surface area contributed by atoms with Crippen molar-refractivity contribution in [3.05, 3.63) is 47.9 Å². The van der Waals surface area contributed by atoms with Gasteiger partial charge < -0.3 is 19.2 Å². The Morgan fingerprint density at radius 2 is 1.95 bits per heavy atom. The molecule has 20 heavy (non-hydrogen) atoms. The molecule has 0 radical (unpaired) electrons. The van der Waals surface area contributed by atoms with E-state index in [1.807, 2.05) is 31.3 Å². The second-order valence-electron chi connectivity index (χ2n) is 4.57. The predicted octanol–water partition coefficient (Wildman–Crippen LogP) is 3.19. The van der Waals surface area contributed by atoms with Crippen LogP contribution < -0.4 is 14.8 Å². The third-order valence-electron chi connectivity index (χ3n) is 3.42. The van der Waals surface area contributed by atoms with Crippen molar-refractivity contribution in [2.75, 3.05) is 21.3 Å². The van der Waals surface area contributed by atoms with Crippen LogP contribution in [0.15, 0.2) is 41.0 Å². The van der Waals surface area contributed by atoms with Crippen LogP contribution in [0, 0.1) is 0 Å². The van der Waals surface area contributed by atoms with Gasteiger partial charge in [0, 0.05) is 12.5 Å². The summed E-state index contributed by atoms with van der Waals surface area (Å²) < 4.78 is 16.0. The molecular formula is C16H21NO3. The summed E-state index contributed by atoms with van der Waals surface area (Å²) in [6.45, 7) is 0. The third-order valence-corrected chi connectivity index (χ3v) is 3.42. The molecule has 2 rings (SSSR count). The summed E-state index contributed by atoms with van der Waals surface area (Å²) in [7, 11) is 5.26. The Morgan fingerprint density at radius 1 is 1.15 bits per heavy atom. The topological polar surface area (TPSA) is 43.6 Å². The Hall–Kier alpha value is -1.94. The first-order chi connectivity index (χ1) is 9.78. The lowest BCUT2D eigenvalue weighted by Gasteiger charge is -2.18. The smallest absolute Gasteiger partial charge is 0.161 e. The first kappa shape index (κ1) is 14.5. The summed E-state index contributed by atoms with van der Waals surface area (Å²) in [5.41, 5.74) is 1.18. The van der Waals surface area contributed by atoms with E-state index in [1.165, 1.54) is 5.56 Å². The lowest BCUT2D eigenvalue weighted by Crippen LogP contribution is -2.17. The van der Waals surface area contributed by atoms with Gasteiger partial charge >= 0.3 is 0 Å². The molecule has 2 aromatic rings. The van der Waals surface area contributed by atoms with Crippen LogP contribution in [-0.4, -0.2) is 21.3 Å². The molecule has 1 atom stereocenters. The van der Waals surface area contributed by atoms with Crippen molar-refractivity contribution in [1.82, 2.24) is 5.32 Å². The number of aryl methyl sites for hydroxylation is 1. The van der Waals surface area contributed by atoms with E-state index in [9.17, 15) is 0 Å². The van der Waals surface area contributed by atoms with Crippen LogP contribution in [-0.2, 0) is 6.42 Å². The largest absolute Gasteiger partial charge is 0.493 e. The Labute approximate surface area is 119 Å². The molecule has 0 aliphatic rings. The number of methoxy groups -OCH3 is 2. The molecule has 0 aliphatic heterocycles. The Kier molecular flexibility index (Phi) is 5.07. The number of ether oxygens (including phenoxy) is 2. The van der Waals surface area contributed by atoms with E-state index in [1.54, 1.807) is 20.5 Å². The molecule has 0 saturated carbocycles. The highest BCUT2D eigenvalue weighted by atomic mass is 16.5. The maximum Gasteiger partial charge on any atom is 0.161 e. The minimum Gasteiger partial charge on any atom is -0.493 e. The van der Waals surface area contributed by atoms with E-state index in [4.69, 9.17) is 13.9 Å². The van der Waals surface area contributed by atoms with Crippen molar-refractivity contribution >= 4 is 0 Å². The molecule has 0 amide bonds. The van der Waals surface area contributed by atoms with Crippen molar-refractivity contribution in [2.45, 2.75) is 18.9 Å². The Bertz CT molecular complexity index is 523. The highest BCUT2D eigenvalue weighted by Gasteiger charge is 2.13. The van der Waals surface area contributed by atoms with Crippen LogP contribution in [0.5, 0.6) is 11.5 Å². The fourth-order valence-electron chi connectivity index (χ4n) is 2.29. The van der Waals surface area contributed by atoms with Gasteiger partial charge in [-0.15, -0.1) is 0 Å². The van der Waals surface area contributed by atoms with Gasteiger partial charge in [0.15, 0.2) is 11.5 Å². The van der Waals surface area contributed by atoms with E-state index in [2.05, 4.69) is 11.4 Å². The first-order valence-electron chi connectivity index (χ1n) is 6.70. The third kappa shape index (κ3) is 3.33. The summed E-state index contributed by atoms with van der Waals surface area (Å²) >= 11 is 0. The van der Waals surface area contributed by atoms with E-state index in [-0.39, 0.29) is 6.04 Å². The van der Waals surface area contributed by atoms with Gasteiger partial charge in [0.25, 0.3) is 0 Å². The number of furan rings is 1. The zero-order valence-corrected chi connectivity index (χ0v) is 12.2. The maximum absolute atomic E-state index is 5.37. The van der Waals surface area contributed by atoms with Crippen molar-refractivity contribution in [2.24, 2.45) is 0 Å². The zero-order valence-electron chi connectivity index (χ0n) is 12.2. The van der Waals surface area contributed by atoms with Crippen molar-refractivity contribution in [3.8, 4) is 11.5 Å². The number of hydrogen-bond acceptors (Lipinski definition) is 4. The summed E-state index contributed by atoms with van der Waals surface area (Å²) in [5.74, 6) is 2.51. The molecule has 0 bridgehead atoms. The fourth-order valence-corrected chi connectivity index (χ4v) is 2.29. The van der Waals surface area contributed by atoms with Crippen LogP contribution in [0.4, 0.5) is 0 Å². The van der Waals surface area contributed by atoms with Gasteiger partial charge in [0.2, 0.25) is 0 Å². The molecule has 0 aliphatic carbocycles. The van der Waals surface area contributed by atoms with E-state index in [0.717, 1.165) is 30.1 Å². The zero-order chi connectivity index (χ0) is 14.4. The molecule has 1 heterocycles. The fraction of sp³-hybridized carbons (Fsp3) is 0.375. The lowest BCUT2D eigenvalue weighted by atomic mass is 10.0. The summed E-state index contributed by atoms with van der Waals surface area (Å²) in [6.07, 6.45) is 3.56. The lowest BCUT2D eigenvalue weighted by molar-refractivity contribution is 0.353. The van der Waals surface area contributed by atoms with E-state index < -0.39 is 0 Å². The number of benzene rings is 1. The normalized spacial score (nSPS) is 12.2. The van der Waals surface area contributed by atoms with E-state index >= 15 is 0 Å². The van der Waals surface area contributed by atoms with Gasteiger partial charge in [0.1, 0.15) is 5.76 Å². The van der Waals surface area contributed by atoms with Crippen molar-refractivity contribution in [3.63, 3.8) is 0 Å². The number of rotatable bonds is 7. The van der Waals surface area contributed by atoms with Crippen LogP contribution in [0.25, 0.3) is 0 Å². The van der Waals surface area contributed by atoms with Crippen molar-refractivity contribution < 1.29 is 13.9 Å². The first-order valence-corrected chi connectivity index (χ1v) is 6.70. The highest BCUT2D eigenvalue weighted by molar-refractivity contribution is 5.43. The molecule has 1 aromatic carbocycles. The summed E-state index contributed by atoms with van der Waals surface area (Å²) in [5, 5.41) is 3.33. The highest BCUT2D eigenvalue weighted by Crippen LogP contribution is 2.31. The van der Waals surface area contributed by atoms with Gasteiger partial charge in [-0.2, -0.15) is 0 Å². The standard InChI is InChI=1S/C16H21NO3/c1-17-14(8-7-13-5-4-10-20-13)12-6-9-15(18-2)16(11-12)19-3/h4-6,9-11,14,17H,7-8H2,1-3H3. The molecule has 0 saturated heterocycles. The average Bonchev–Trinajstić information content (AvgIpc) is 3.01. The molecule has 4 nitrogen and oxygen atoms in total. The molecule has 1 N–H and O–H groups in total. The van der Waals surface area contributed by atoms with Gasteiger partial charge in [-0.05, 0) is 43.3 Å². The van der Waals surface area contributed by atoms with Crippen LogP contribution in [0.3, 0.4) is 0 Å². The Balaban J connectivity index is 2.10. The molecular weight excluding hydrogens is 254 g/mol. The molecule has 1 aromatic heterocycles. The predicted molar refractivity (Wildman–Crippen MR) is 78.4 cm³/mol. The van der Waals surface area contributed by atoms with Gasteiger partial charge in [0.05, 0.1) is 20.5 Å². The summed E-state index contributed by atoms with van der Waals surface area (Å²) in [4.78, 5) is 0. The maximum atomic E-state index is 5.37. The second kappa shape index (κ2) is 7.01. The molecule has 4 heteroatoms. The minimum atomic E-state index is 0.250. The minimum absolute atomic E-state index is 0.250. The molecule has 0 fully saturated rings. The quantitative estimate of drug-likeness (QED) is 0.842. The van der Waals surface area contributed by atoms with E-state index in [0.29, 0.717) is 0 Å². The molecule has 0 spiro atoms. The SMILES string of the molecule is CNC(CCc1ccco1)c1ccc(OC)c(OC)c1. The van der Waals surface area contributed by atoms with Gasteiger partial charge in [-0.1, -0.05) is 6.07 Å². The van der Waals surface area contributed by atoms with Crippen molar-refractivity contribution in [1.29, 1.82) is 0 Å². The second-order valence-corrected chi connectivity index (χ2v) is 4.57. The molecule has 108 valence electrons. The number of hydrogen-bond donors (Lipinski definition) is 1. The average molecular weight is 275 g/mol. The molecule has 1 unspecified atom stereocenters. The van der Waals surface area contributed by atoms with Gasteiger partial charge in [-0.25, -0.2) is 0 Å². The number of nitrogens with one attached hydrogen (secondary N) is 1. The Morgan fingerprint density at radius 3 is 2.55 bits per heavy atom. The van der Waals surface area contributed by atoms with Gasteiger partial charge in [-0.3, -0.25) is 0 Å².